The van der Waals surface area contributed by atoms with E-state index in [4.69, 9.17) is 0 Å². The molecule has 0 unspecified atom stereocenters. The molecule has 92 valence electrons. The van der Waals surface area contributed by atoms with Crippen molar-refractivity contribution in [1.82, 2.24) is 0 Å². The zero-order chi connectivity index (χ0) is 13.1. The lowest BCUT2D eigenvalue weighted by Gasteiger charge is -2.05. The van der Waals surface area contributed by atoms with Crippen molar-refractivity contribution in [1.29, 1.82) is 0 Å². The summed E-state index contributed by atoms with van der Waals surface area (Å²) in [6, 6.07) is 12.7. The van der Waals surface area contributed by atoms with Gasteiger partial charge in [-0.05, 0) is 39.5 Å². The summed E-state index contributed by atoms with van der Waals surface area (Å²) in [5.74, 6) is -0.336. The molecule has 0 atom stereocenters. The first-order chi connectivity index (χ1) is 8.58. The molecule has 0 aliphatic rings. The highest BCUT2D eigenvalue weighted by molar-refractivity contribution is 9.10. The van der Waals surface area contributed by atoms with Crippen molar-refractivity contribution in [2.45, 2.75) is 6.42 Å². The van der Waals surface area contributed by atoms with Crippen molar-refractivity contribution in [2.75, 3.05) is 0 Å². The molecule has 0 spiro atoms. The normalized spacial score (nSPS) is 10.3. The number of halogens is 1. The Morgan fingerprint density at radius 3 is 2.44 bits per heavy atom. The Kier molecular flexibility index (Phi) is 3.62. The average Bonchev–Trinajstić information content (AvgIpc) is 2.34. The average molecular weight is 308 g/mol. The van der Waals surface area contributed by atoms with E-state index in [0.717, 1.165) is 11.1 Å². The van der Waals surface area contributed by atoms with Crippen LogP contribution in [0.2, 0.25) is 0 Å². The fourth-order valence-electron chi connectivity index (χ4n) is 1.71. The Labute approximate surface area is 112 Å². The zero-order valence-electron chi connectivity index (χ0n) is 9.34. The lowest BCUT2D eigenvalue weighted by molar-refractivity contribution is -0.386. The monoisotopic (exact) mass is 307 g/mol. The Bertz CT molecular complexity index is 584. The first-order valence-corrected chi connectivity index (χ1v) is 6.07. The molecule has 0 saturated carbocycles. The second-order valence-corrected chi connectivity index (χ2v) is 4.72. The molecule has 18 heavy (non-hydrogen) atoms. The maximum Gasteiger partial charge on any atom is 0.312 e. The number of nitro groups is 1. The third kappa shape index (κ3) is 2.68. The standard InChI is InChI=1S/C13H10BrNO3/c14-11-7-10(6-9-4-2-1-3-5-9)8-12(13(11)16)15(17)18/h1-5,7-8,16H,6H2. The van der Waals surface area contributed by atoms with Gasteiger partial charge in [-0.15, -0.1) is 0 Å². The van der Waals surface area contributed by atoms with Gasteiger partial charge in [0.25, 0.3) is 0 Å². The molecule has 0 aliphatic heterocycles. The second kappa shape index (κ2) is 5.18. The van der Waals surface area contributed by atoms with Crippen LogP contribution >= 0.6 is 15.9 Å². The Balaban J connectivity index is 2.38. The van der Waals surface area contributed by atoms with Crippen molar-refractivity contribution in [3.63, 3.8) is 0 Å². The van der Waals surface area contributed by atoms with E-state index in [2.05, 4.69) is 15.9 Å². The molecule has 0 heterocycles. The smallest absolute Gasteiger partial charge is 0.312 e. The largest absolute Gasteiger partial charge is 0.501 e. The van der Waals surface area contributed by atoms with Crippen LogP contribution in [-0.2, 0) is 6.42 Å². The Morgan fingerprint density at radius 1 is 1.17 bits per heavy atom. The van der Waals surface area contributed by atoms with Crippen molar-refractivity contribution in [2.24, 2.45) is 0 Å². The van der Waals surface area contributed by atoms with Gasteiger partial charge in [0.1, 0.15) is 0 Å². The van der Waals surface area contributed by atoms with Gasteiger partial charge < -0.3 is 5.11 Å². The van der Waals surface area contributed by atoms with E-state index in [1.807, 2.05) is 30.3 Å². The van der Waals surface area contributed by atoms with Crippen LogP contribution in [0, 0.1) is 10.1 Å². The number of hydrogen-bond donors (Lipinski definition) is 1. The van der Waals surface area contributed by atoms with Gasteiger partial charge in [0.05, 0.1) is 9.40 Å². The van der Waals surface area contributed by atoms with Crippen molar-refractivity contribution in [3.8, 4) is 5.75 Å². The molecule has 2 rings (SSSR count). The summed E-state index contributed by atoms with van der Waals surface area (Å²) in [5, 5.41) is 20.4. The van der Waals surface area contributed by atoms with E-state index in [-0.39, 0.29) is 11.4 Å². The number of nitrogens with zero attached hydrogens (tertiary/aromatic N) is 1. The van der Waals surface area contributed by atoms with Crippen LogP contribution in [0.4, 0.5) is 5.69 Å². The Morgan fingerprint density at radius 2 is 1.83 bits per heavy atom. The third-order valence-electron chi connectivity index (χ3n) is 2.55. The predicted molar refractivity (Wildman–Crippen MR) is 71.7 cm³/mol. The van der Waals surface area contributed by atoms with Gasteiger partial charge in [-0.3, -0.25) is 10.1 Å². The van der Waals surface area contributed by atoms with Gasteiger partial charge in [-0.1, -0.05) is 30.3 Å². The van der Waals surface area contributed by atoms with Gasteiger partial charge in [0, 0.05) is 6.07 Å². The molecule has 0 aromatic heterocycles. The lowest BCUT2D eigenvalue weighted by Crippen LogP contribution is -1.94. The molecular weight excluding hydrogens is 298 g/mol. The van der Waals surface area contributed by atoms with E-state index in [1.165, 1.54) is 6.07 Å². The van der Waals surface area contributed by atoms with Crippen molar-refractivity contribution < 1.29 is 10.0 Å². The summed E-state index contributed by atoms with van der Waals surface area (Å²) < 4.78 is 0.336. The van der Waals surface area contributed by atoms with Crippen LogP contribution in [0.3, 0.4) is 0 Å². The maximum absolute atomic E-state index is 10.8. The Hall–Kier alpha value is -1.88. The maximum atomic E-state index is 10.8. The molecule has 0 amide bonds. The van der Waals surface area contributed by atoms with E-state index in [0.29, 0.717) is 10.9 Å². The number of hydrogen-bond acceptors (Lipinski definition) is 3. The fraction of sp³-hybridized carbons (Fsp3) is 0.0769. The lowest BCUT2D eigenvalue weighted by atomic mass is 10.0. The van der Waals surface area contributed by atoms with Crippen molar-refractivity contribution in [3.05, 3.63) is 68.2 Å². The van der Waals surface area contributed by atoms with Crippen LogP contribution in [0.1, 0.15) is 11.1 Å². The number of phenols is 1. The quantitative estimate of drug-likeness (QED) is 0.695. The summed E-state index contributed by atoms with van der Waals surface area (Å²) in [7, 11) is 0. The molecule has 5 heteroatoms. The number of nitro benzene ring substituents is 1. The third-order valence-corrected chi connectivity index (χ3v) is 3.16. The minimum Gasteiger partial charge on any atom is -0.501 e. The molecule has 1 N–H and O–H groups in total. The van der Waals surface area contributed by atoms with E-state index in [1.54, 1.807) is 6.07 Å². The molecular formula is C13H10BrNO3. The highest BCUT2D eigenvalue weighted by Crippen LogP contribution is 2.35. The minimum atomic E-state index is -0.589. The first-order valence-electron chi connectivity index (χ1n) is 5.27. The molecule has 0 aliphatic carbocycles. The van der Waals surface area contributed by atoms with Crippen LogP contribution < -0.4 is 0 Å². The summed E-state index contributed by atoms with van der Waals surface area (Å²) >= 11 is 3.12. The molecule has 0 bridgehead atoms. The number of phenolic OH excluding ortho intramolecular Hbond substituents is 1. The molecule has 0 radical (unpaired) electrons. The van der Waals surface area contributed by atoms with Gasteiger partial charge in [-0.25, -0.2) is 0 Å². The molecule has 2 aromatic carbocycles. The predicted octanol–water partition coefficient (Wildman–Crippen LogP) is 3.65. The van der Waals surface area contributed by atoms with E-state index >= 15 is 0 Å². The second-order valence-electron chi connectivity index (χ2n) is 3.86. The summed E-state index contributed by atoms with van der Waals surface area (Å²) in [5.41, 5.74) is 1.55. The summed E-state index contributed by atoms with van der Waals surface area (Å²) in [6.45, 7) is 0. The molecule has 0 fully saturated rings. The first kappa shape index (κ1) is 12.6. The van der Waals surface area contributed by atoms with Gasteiger partial charge in [0.2, 0.25) is 5.75 Å². The number of benzene rings is 2. The number of rotatable bonds is 3. The van der Waals surface area contributed by atoms with E-state index in [9.17, 15) is 15.2 Å². The topological polar surface area (TPSA) is 63.4 Å². The van der Waals surface area contributed by atoms with Crippen LogP contribution in [0.25, 0.3) is 0 Å². The van der Waals surface area contributed by atoms with Crippen molar-refractivity contribution >= 4 is 21.6 Å². The SMILES string of the molecule is O=[N+]([O-])c1cc(Cc2ccccc2)cc(Br)c1O. The number of aromatic hydroxyl groups is 1. The van der Waals surface area contributed by atoms with Gasteiger partial charge in [-0.2, -0.15) is 0 Å². The van der Waals surface area contributed by atoms with Gasteiger partial charge >= 0.3 is 5.69 Å². The van der Waals surface area contributed by atoms with Gasteiger partial charge in [0.15, 0.2) is 0 Å². The van der Waals surface area contributed by atoms with E-state index < -0.39 is 4.92 Å². The van der Waals surface area contributed by atoms with Crippen LogP contribution in [-0.4, -0.2) is 10.0 Å². The van der Waals surface area contributed by atoms with Crippen LogP contribution in [0.5, 0.6) is 5.75 Å². The highest BCUT2D eigenvalue weighted by atomic mass is 79.9. The summed E-state index contributed by atoms with van der Waals surface area (Å²) in [4.78, 5) is 10.2. The molecule has 2 aromatic rings. The minimum absolute atomic E-state index is 0.282. The fourth-order valence-corrected chi connectivity index (χ4v) is 2.21. The molecule has 4 nitrogen and oxygen atoms in total. The van der Waals surface area contributed by atoms with Crippen LogP contribution in [0.15, 0.2) is 46.9 Å². The zero-order valence-corrected chi connectivity index (χ0v) is 10.9. The highest BCUT2D eigenvalue weighted by Gasteiger charge is 2.17. The molecule has 0 saturated heterocycles. The summed E-state index contributed by atoms with van der Waals surface area (Å²) in [6.07, 6.45) is 0.584.